The zero-order valence-corrected chi connectivity index (χ0v) is 18.2. The third kappa shape index (κ3) is 8.18. The van der Waals surface area contributed by atoms with E-state index in [4.69, 9.17) is 21.1 Å². The topological polar surface area (TPSA) is 109 Å². The monoisotopic (exact) mass is 447 g/mol. The maximum absolute atomic E-state index is 11.9. The number of carbonyl (C=O) groups is 2. The summed E-state index contributed by atoms with van der Waals surface area (Å²) in [5.41, 5.74) is 3.97. The van der Waals surface area contributed by atoms with Crippen molar-refractivity contribution in [3.05, 3.63) is 52.5 Å². The second kappa shape index (κ2) is 12.4. The second-order valence-corrected chi connectivity index (χ2v) is 6.96. The number of benzene rings is 2. The Balaban J connectivity index is 1.70. The zero-order valence-electron chi connectivity index (χ0n) is 17.5. The number of halogens is 1. The van der Waals surface area contributed by atoms with Gasteiger partial charge in [-0.1, -0.05) is 23.7 Å². The lowest BCUT2D eigenvalue weighted by atomic mass is 10.1. The number of hydrogen-bond acceptors (Lipinski definition) is 6. The number of ether oxygens (including phenoxy) is 2. The van der Waals surface area contributed by atoms with Gasteiger partial charge in [0.2, 0.25) is 5.91 Å². The van der Waals surface area contributed by atoms with Crippen molar-refractivity contribution in [3.8, 4) is 17.2 Å². The van der Waals surface area contributed by atoms with E-state index in [1.54, 1.807) is 20.1 Å². The number of aryl methyl sites for hydroxylation is 1. The molecule has 2 aromatic rings. The van der Waals surface area contributed by atoms with Gasteiger partial charge in [0.25, 0.3) is 5.91 Å². The minimum atomic E-state index is -0.463. The van der Waals surface area contributed by atoms with Crippen molar-refractivity contribution in [2.24, 2.45) is 5.10 Å². The highest BCUT2D eigenvalue weighted by atomic mass is 35.5. The molecular formula is C22H26ClN3O5. The average Bonchev–Trinajstić information content (AvgIpc) is 2.76. The van der Waals surface area contributed by atoms with Crippen molar-refractivity contribution in [3.63, 3.8) is 0 Å². The zero-order chi connectivity index (χ0) is 22.6. The van der Waals surface area contributed by atoms with Crippen LogP contribution in [0.1, 0.15) is 30.9 Å². The Kier molecular flexibility index (Phi) is 9.64. The number of hydrazone groups is 1. The van der Waals surface area contributed by atoms with Crippen LogP contribution in [0.15, 0.2) is 41.5 Å². The lowest BCUT2D eigenvalue weighted by Crippen LogP contribution is -2.34. The molecule has 2 aromatic carbocycles. The fourth-order valence-electron chi connectivity index (χ4n) is 2.66. The number of hydrogen-bond donors (Lipinski definition) is 3. The molecule has 0 atom stereocenters. The normalized spacial score (nSPS) is 10.7. The van der Waals surface area contributed by atoms with E-state index in [1.165, 1.54) is 12.3 Å². The van der Waals surface area contributed by atoms with Crippen LogP contribution in [0, 0.1) is 0 Å². The lowest BCUT2D eigenvalue weighted by molar-refractivity contribution is -0.126. The molecule has 0 saturated heterocycles. The highest BCUT2D eigenvalue weighted by molar-refractivity contribution is 6.32. The van der Waals surface area contributed by atoms with Gasteiger partial charge < -0.3 is 19.9 Å². The molecule has 0 spiro atoms. The largest absolute Gasteiger partial charge is 0.503 e. The summed E-state index contributed by atoms with van der Waals surface area (Å²) in [5.74, 6) is 0.191. The van der Waals surface area contributed by atoms with Gasteiger partial charge in [-0.15, -0.1) is 0 Å². The van der Waals surface area contributed by atoms with Gasteiger partial charge in [0, 0.05) is 6.42 Å². The van der Waals surface area contributed by atoms with Crippen LogP contribution in [0.3, 0.4) is 0 Å². The molecule has 0 aliphatic heterocycles. The molecule has 9 heteroatoms. The molecule has 0 fully saturated rings. The van der Waals surface area contributed by atoms with Crippen molar-refractivity contribution in [1.29, 1.82) is 0 Å². The van der Waals surface area contributed by atoms with Crippen molar-refractivity contribution in [2.45, 2.75) is 26.2 Å². The molecule has 3 N–H and O–H groups in total. The van der Waals surface area contributed by atoms with Crippen LogP contribution in [0.25, 0.3) is 0 Å². The third-order valence-corrected chi connectivity index (χ3v) is 4.52. The van der Waals surface area contributed by atoms with Crippen molar-refractivity contribution in [1.82, 2.24) is 10.7 Å². The van der Waals surface area contributed by atoms with Gasteiger partial charge in [-0.3, -0.25) is 9.59 Å². The Morgan fingerprint density at radius 1 is 1.19 bits per heavy atom. The first kappa shape index (κ1) is 24.0. The molecule has 8 nitrogen and oxygen atoms in total. The molecule has 0 aromatic heterocycles. The molecule has 31 heavy (non-hydrogen) atoms. The lowest BCUT2D eigenvalue weighted by Gasteiger charge is -2.08. The summed E-state index contributed by atoms with van der Waals surface area (Å²) in [4.78, 5) is 23.7. The van der Waals surface area contributed by atoms with E-state index in [9.17, 15) is 14.7 Å². The van der Waals surface area contributed by atoms with Gasteiger partial charge >= 0.3 is 0 Å². The molecule has 0 aliphatic rings. The first-order valence-electron chi connectivity index (χ1n) is 9.79. The predicted molar refractivity (Wildman–Crippen MR) is 119 cm³/mol. The molecule has 166 valence electrons. The highest BCUT2D eigenvalue weighted by Crippen LogP contribution is 2.34. The number of aromatic hydroxyl groups is 1. The maximum atomic E-state index is 11.9. The standard InChI is InChI=1S/C22H26ClN3O5/c1-3-31-19-12-16(11-18(23)22(19)29)13-25-26-21(28)14-24-20(27)6-4-5-15-7-9-17(30-2)10-8-15/h7-13,29H,3-6,14H2,1-2H3,(H,24,27)(H,26,28)/b25-13-. The fourth-order valence-corrected chi connectivity index (χ4v) is 2.88. The average molecular weight is 448 g/mol. The van der Waals surface area contributed by atoms with Crippen molar-refractivity contribution < 1.29 is 24.2 Å². The number of nitrogens with zero attached hydrogens (tertiary/aromatic N) is 1. The van der Waals surface area contributed by atoms with Crippen LogP contribution in [0.4, 0.5) is 0 Å². The molecule has 2 amide bonds. The highest BCUT2D eigenvalue weighted by Gasteiger charge is 2.09. The number of phenols is 1. The van der Waals surface area contributed by atoms with Gasteiger partial charge in [0.05, 0.1) is 31.5 Å². The van der Waals surface area contributed by atoms with Crippen LogP contribution in [0.5, 0.6) is 17.2 Å². The SMILES string of the molecule is CCOc1cc(/C=N\NC(=O)CNC(=O)CCCc2ccc(OC)cc2)cc(Cl)c1O. The summed E-state index contributed by atoms with van der Waals surface area (Å²) >= 11 is 5.94. The number of rotatable bonds is 11. The summed E-state index contributed by atoms with van der Waals surface area (Å²) < 4.78 is 10.4. The van der Waals surface area contributed by atoms with Crippen molar-refractivity contribution >= 4 is 29.6 Å². The summed E-state index contributed by atoms with van der Waals surface area (Å²) in [5, 5.41) is 16.3. The van der Waals surface area contributed by atoms with Crippen LogP contribution < -0.4 is 20.2 Å². The van der Waals surface area contributed by atoms with Crippen LogP contribution in [0.2, 0.25) is 5.02 Å². The van der Waals surface area contributed by atoms with Crippen LogP contribution in [-0.2, 0) is 16.0 Å². The van der Waals surface area contributed by atoms with Gasteiger partial charge in [-0.05, 0) is 55.2 Å². The molecule has 0 unspecified atom stereocenters. The van der Waals surface area contributed by atoms with Gasteiger partial charge in [-0.2, -0.15) is 5.10 Å². The second-order valence-electron chi connectivity index (χ2n) is 6.55. The number of nitrogens with one attached hydrogen (secondary N) is 2. The van der Waals surface area contributed by atoms with Gasteiger partial charge in [0.1, 0.15) is 5.75 Å². The number of methoxy groups -OCH3 is 1. The maximum Gasteiger partial charge on any atom is 0.259 e. The smallest absolute Gasteiger partial charge is 0.259 e. The molecule has 0 aliphatic carbocycles. The van der Waals surface area contributed by atoms with E-state index in [-0.39, 0.29) is 29.0 Å². The van der Waals surface area contributed by atoms with Crippen molar-refractivity contribution in [2.75, 3.05) is 20.3 Å². The number of amides is 2. The summed E-state index contributed by atoms with van der Waals surface area (Å²) in [6.07, 6.45) is 3.10. The van der Waals surface area contributed by atoms with E-state index >= 15 is 0 Å². The molecule has 2 rings (SSSR count). The Hall–Kier alpha value is -3.26. The number of phenolic OH excluding ortho intramolecular Hbond substituents is 1. The van der Waals surface area contributed by atoms with E-state index < -0.39 is 5.91 Å². The van der Waals surface area contributed by atoms with E-state index in [1.807, 2.05) is 24.3 Å². The number of carbonyl (C=O) groups excluding carboxylic acids is 2. The van der Waals surface area contributed by atoms with E-state index in [0.717, 1.165) is 17.7 Å². The first-order valence-corrected chi connectivity index (χ1v) is 10.2. The minimum Gasteiger partial charge on any atom is -0.503 e. The van der Waals surface area contributed by atoms with E-state index in [2.05, 4.69) is 15.8 Å². The van der Waals surface area contributed by atoms with Gasteiger partial charge in [-0.25, -0.2) is 5.43 Å². The minimum absolute atomic E-state index is 0.112. The Labute approximate surface area is 186 Å². The molecular weight excluding hydrogens is 422 g/mol. The van der Waals surface area contributed by atoms with Gasteiger partial charge in [0.15, 0.2) is 11.5 Å². The molecule has 0 heterocycles. The fraction of sp³-hybridized carbons (Fsp3) is 0.318. The first-order chi connectivity index (χ1) is 14.9. The predicted octanol–water partition coefficient (Wildman–Crippen LogP) is 3.04. The molecule has 0 bridgehead atoms. The Morgan fingerprint density at radius 2 is 1.94 bits per heavy atom. The van der Waals surface area contributed by atoms with E-state index in [0.29, 0.717) is 25.0 Å². The van der Waals surface area contributed by atoms with Crippen LogP contribution in [-0.4, -0.2) is 43.4 Å². The summed E-state index contributed by atoms with van der Waals surface area (Å²) in [6, 6.07) is 10.7. The summed E-state index contributed by atoms with van der Waals surface area (Å²) in [6.45, 7) is 1.96. The third-order valence-electron chi connectivity index (χ3n) is 4.23. The Bertz CT molecular complexity index is 916. The molecule has 0 radical (unpaired) electrons. The van der Waals surface area contributed by atoms with Crippen LogP contribution >= 0.6 is 11.6 Å². The summed E-state index contributed by atoms with van der Waals surface area (Å²) in [7, 11) is 1.61. The Morgan fingerprint density at radius 3 is 2.61 bits per heavy atom. The quantitative estimate of drug-likeness (QED) is 0.362. The molecule has 0 saturated carbocycles.